The van der Waals surface area contributed by atoms with Crippen LogP contribution in [0.3, 0.4) is 0 Å². The maximum absolute atomic E-state index is 13.9. The summed E-state index contributed by atoms with van der Waals surface area (Å²) in [7, 11) is -3.16. The van der Waals surface area contributed by atoms with Gasteiger partial charge in [0.15, 0.2) is 11.6 Å². The monoisotopic (exact) mass is 344 g/mol. The van der Waals surface area contributed by atoms with Crippen LogP contribution >= 0.6 is 0 Å². The molecule has 2 heterocycles. The summed E-state index contributed by atoms with van der Waals surface area (Å²) in [6, 6.07) is 4.25. The van der Waals surface area contributed by atoms with Crippen LogP contribution in [0, 0.1) is 17.0 Å². The third-order valence-electron chi connectivity index (χ3n) is 5.04. The molecule has 2 aliphatic heterocycles. The fourth-order valence-electron chi connectivity index (χ4n) is 3.87. The number of halogens is 2. The minimum atomic E-state index is -3.16. The Morgan fingerprint density at radius 3 is 2.65 bits per heavy atom. The van der Waals surface area contributed by atoms with Crippen LogP contribution < -0.4 is 0 Å². The van der Waals surface area contributed by atoms with Crippen LogP contribution in [-0.4, -0.2) is 50.1 Å². The Balaban J connectivity index is 1.71. The number of hydrogen-bond donors (Lipinski definition) is 0. The van der Waals surface area contributed by atoms with Crippen molar-refractivity contribution in [3.63, 3.8) is 0 Å². The van der Waals surface area contributed by atoms with E-state index in [1.54, 1.807) is 10.4 Å². The molecule has 0 radical (unpaired) electrons. The minimum absolute atomic E-state index is 0.0505. The smallest absolute Gasteiger partial charge is 0.211 e. The summed E-state index contributed by atoms with van der Waals surface area (Å²) in [5, 5.41) is 0. The van der Waals surface area contributed by atoms with Gasteiger partial charge in [0.1, 0.15) is 0 Å². The van der Waals surface area contributed by atoms with Crippen molar-refractivity contribution in [3.05, 3.63) is 35.4 Å². The summed E-state index contributed by atoms with van der Waals surface area (Å²) in [4.78, 5) is 2.12. The molecule has 3 rings (SSSR count). The Morgan fingerprint density at radius 2 is 1.96 bits per heavy atom. The second-order valence-corrected chi connectivity index (χ2v) is 8.86. The average Bonchev–Trinajstić information content (AvgIpc) is 2.88. The predicted octanol–water partition coefficient (Wildman–Crippen LogP) is 2.21. The van der Waals surface area contributed by atoms with Crippen molar-refractivity contribution in [2.24, 2.45) is 5.41 Å². The molecule has 0 unspecified atom stereocenters. The van der Waals surface area contributed by atoms with Crippen LogP contribution in [0.1, 0.15) is 24.8 Å². The van der Waals surface area contributed by atoms with E-state index in [2.05, 4.69) is 4.90 Å². The van der Waals surface area contributed by atoms with Crippen LogP contribution in [0.5, 0.6) is 0 Å². The quantitative estimate of drug-likeness (QED) is 0.844. The van der Waals surface area contributed by atoms with E-state index in [0.717, 1.165) is 38.4 Å². The first-order valence-corrected chi connectivity index (χ1v) is 9.74. The molecule has 7 heteroatoms. The number of piperidine rings is 1. The van der Waals surface area contributed by atoms with E-state index in [9.17, 15) is 17.2 Å². The van der Waals surface area contributed by atoms with E-state index in [0.29, 0.717) is 25.2 Å². The molecule has 0 N–H and O–H groups in total. The zero-order valence-electron chi connectivity index (χ0n) is 13.3. The molecule has 0 amide bonds. The molecule has 1 aromatic rings. The molecule has 2 aliphatic rings. The van der Waals surface area contributed by atoms with Gasteiger partial charge in [-0.15, -0.1) is 0 Å². The van der Waals surface area contributed by atoms with Gasteiger partial charge in [0.2, 0.25) is 10.0 Å². The van der Waals surface area contributed by atoms with Crippen molar-refractivity contribution >= 4 is 10.0 Å². The highest BCUT2D eigenvalue weighted by Gasteiger charge is 2.43. The molecule has 0 aromatic heterocycles. The zero-order chi connectivity index (χ0) is 16.7. The van der Waals surface area contributed by atoms with Crippen molar-refractivity contribution in [3.8, 4) is 0 Å². The molecule has 2 saturated heterocycles. The van der Waals surface area contributed by atoms with Crippen LogP contribution in [-0.2, 0) is 16.6 Å². The van der Waals surface area contributed by atoms with Gasteiger partial charge >= 0.3 is 0 Å². The second-order valence-electron chi connectivity index (χ2n) is 6.87. The standard InChI is InChI=1S/C16H22F2N2O2S/c1-23(21,22)20-9-7-16(12-20)6-3-8-19(11-16)10-13-4-2-5-14(17)15(13)18/h2,4-5H,3,6-12H2,1H3/t16-/m0/s1. The zero-order valence-corrected chi connectivity index (χ0v) is 14.1. The molecule has 128 valence electrons. The summed E-state index contributed by atoms with van der Waals surface area (Å²) in [6.07, 6.45) is 4.02. The SMILES string of the molecule is CS(=O)(=O)N1CC[C@]2(CCCN(Cc3cccc(F)c3F)C2)C1. The van der Waals surface area contributed by atoms with Crippen LogP contribution in [0.15, 0.2) is 18.2 Å². The summed E-state index contributed by atoms with van der Waals surface area (Å²) in [5.74, 6) is -1.60. The number of nitrogens with zero attached hydrogens (tertiary/aromatic N) is 2. The van der Waals surface area contributed by atoms with E-state index < -0.39 is 21.7 Å². The summed E-state index contributed by atoms with van der Waals surface area (Å²) >= 11 is 0. The Morgan fingerprint density at radius 1 is 1.17 bits per heavy atom. The molecule has 1 aromatic carbocycles. The van der Waals surface area contributed by atoms with Gasteiger partial charge in [-0.2, -0.15) is 0 Å². The Hall–Kier alpha value is -1.05. The van der Waals surface area contributed by atoms with Crippen LogP contribution in [0.2, 0.25) is 0 Å². The summed E-state index contributed by atoms with van der Waals surface area (Å²) < 4.78 is 52.2. The Kier molecular flexibility index (Phi) is 4.46. The molecule has 0 bridgehead atoms. The third-order valence-corrected chi connectivity index (χ3v) is 6.29. The second kappa shape index (κ2) is 6.11. The van der Waals surface area contributed by atoms with Gasteiger partial charge in [0.05, 0.1) is 6.26 Å². The van der Waals surface area contributed by atoms with Crippen molar-refractivity contribution in [2.75, 3.05) is 32.4 Å². The molecule has 2 fully saturated rings. The molecular formula is C16H22F2N2O2S. The number of rotatable bonds is 3. The average molecular weight is 344 g/mol. The Labute approximate surface area is 136 Å². The molecule has 4 nitrogen and oxygen atoms in total. The molecule has 0 saturated carbocycles. The van der Waals surface area contributed by atoms with Crippen molar-refractivity contribution < 1.29 is 17.2 Å². The molecule has 23 heavy (non-hydrogen) atoms. The lowest BCUT2D eigenvalue weighted by Crippen LogP contribution is -2.45. The van der Waals surface area contributed by atoms with Gasteiger partial charge in [-0.05, 0) is 37.3 Å². The number of benzene rings is 1. The van der Waals surface area contributed by atoms with Gasteiger partial charge < -0.3 is 0 Å². The highest BCUT2D eigenvalue weighted by molar-refractivity contribution is 7.88. The first kappa shape index (κ1) is 16.8. The Bertz CT molecular complexity index is 695. The van der Waals surface area contributed by atoms with Crippen molar-refractivity contribution in [1.82, 2.24) is 9.21 Å². The summed E-state index contributed by atoms with van der Waals surface area (Å²) in [6.45, 7) is 3.02. The third kappa shape index (κ3) is 3.56. The molecule has 1 spiro atoms. The normalized spacial score (nSPS) is 26.9. The van der Waals surface area contributed by atoms with E-state index in [4.69, 9.17) is 0 Å². The first-order chi connectivity index (χ1) is 10.8. The van der Waals surface area contributed by atoms with E-state index in [-0.39, 0.29) is 5.41 Å². The first-order valence-electron chi connectivity index (χ1n) is 7.90. The largest absolute Gasteiger partial charge is 0.298 e. The fraction of sp³-hybridized carbons (Fsp3) is 0.625. The number of sulfonamides is 1. The lowest BCUT2D eigenvalue weighted by molar-refractivity contribution is 0.0924. The number of hydrogen-bond acceptors (Lipinski definition) is 3. The topological polar surface area (TPSA) is 40.6 Å². The van der Waals surface area contributed by atoms with Crippen LogP contribution in [0.4, 0.5) is 8.78 Å². The van der Waals surface area contributed by atoms with E-state index >= 15 is 0 Å². The lowest BCUT2D eigenvalue weighted by Gasteiger charge is -2.40. The maximum atomic E-state index is 13.9. The fourth-order valence-corrected chi connectivity index (χ4v) is 4.80. The highest BCUT2D eigenvalue weighted by Crippen LogP contribution is 2.40. The minimum Gasteiger partial charge on any atom is -0.298 e. The number of likely N-dealkylation sites (tertiary alicyclic amines) is 1. The van der Waals surface area contributed by atoms with Gasteiger partial charge in [0, 0.05) is 31.7 Å². The van der Waals surface area contributed by atoms with Gasteiger partial charge in [-0.3, -0.25) is 4.90 Å². The molecular weight excluding hydrogens is 322 g/mol. The van der Waals surface area contributed by atoms with E-state index in [1.807, 2.05) is 0 Å². The van der Waals surface area contributed by atoms with Gasteiger partial charge in [-0.25, -0.2) is 21.5 Å². The predicted molar refractivity (Wildman–Crippen MR) is 84.3 cm³/mol. The van der Waals surface area contributed by atoms with E-state index in [1.165, 1.54) is 12.3 Å². The van der Waals surface area contributed by atoms with Gasteiger partial charge in [0.25, 0.3) is 0 Å². The van der Waals surface area contributed by atoms with Crippen molar-refractivity contribution in [2.45, 2.75) is 25.8 Å². The molecule has 0 aliphatic carbocycles. The van der Waals surface area contributed by atoms with Crippen molar-refractivity contribution in [1.29, 1.82) is 0 Å². The van der Waals surface area contributed by atoms with Gasteiger partial charge in [-0.1, -0.05) is 12.1 Å². The summed E-state index contributed by atoms with van der Waals surface area (Å²) in [5.41, 5.74) is 0.311. The van der Waals surface area contributed by atoms with Crippen LogP contribution in [0.25, 0.3) is 0 Å². The lowest BCUT2D eigenvalue weighted by atomic mass is 9.79. The highest BCUT2D eigenvalue weighted by atomic mass is 32.2. The molecule has 1 atom stereocenters. The maximum Gasteiger partial charge on any atom is 0.211 e.